The summed E-state index contributed by atoms with van der Waals surface area (Å²) in [5.74, 6) is -1.52. The summed E-state index contributed by atoms with van der Waals surface area (Å²) < 4.78 is 27.0. The van der Waals surface area contributed by atoms with Crippen LogP contribution in [0.15, 0.2) is 42.5 Å². The summed E-state index contributed by atoms with van der Waals surface area (Å²) in [5.41, 5.74) is 2.12. The van der Waals surface area contributed by atoms with E-state index < -0.39 is 11.6 Å². The summed E-state index contributed by atoms with van der Waals surface area (Å²) in [6.07, 6.45) is 6.98. The van der Waals surface area contributed by atoms with Crippen molar-refractivity contribution in [1.82, 2.24) is 9.80 Å². The molecule has 7 heteroatoms. The lowest BCUT2D eigenvalue weighted by atomic mass is 9.81. The highest BCUT2D eigenvalue weighted by molar-refractivity contribution is 5.89. The first kappa shape index (κ1) is 24.2. The van der Waals surface area contributed by atoms with Gasteiger partial charge in [-0.15, -0.1) is 0 Å². The number of hydrogen-bond donors (Lipinski definition) is 1. The highest BCUT2D eigenvalue weighted by Crippen LogP contribution is 2.35. The van der Waals surface area contributed by atoms with Crippen molar-refractivity contribution in [3.63, 3.8) is 0 Å². The molecule has 4 rings (SSSR count). The Balaban J connectivity index is 1.40. The zero-order valence-corrected chi connectivity index (χ0v) is 19.5. The van der Waals surface area contributed by atoms with Gasteiger partial charge in [-0.3, -0.25) is 0 Å². The van der Waals surface area contributed by atoms with Crippen LogP contribution in [0.5, 0.6) is 0 Å². The van der Waals surface area contributed by atoms with Crippen LogP contribution in [0.2, 0.25) is 0 Å². The molecule has 2 aliphatic rings. The monoisotopic (exact) mass is 466 g/mol. The van der Waals surface area contributed by atoms with Gasteiger partial charge in [0.15, 0.2) is 11.6 Å². The Morgan fingerprint density at radius 2 is 1.82 bits per heavy atom. The van der Waals surface area contributed by atoms with E-state index in [9.17, 15) is 18.8 Å². The van der Waals surface area contributed by atoms with Crippen molar-refractivity contribution in [2.75, 3.05) is 31.5 Å². The second kappa shape index (κ2) is 11.4. The summed E-state index contributed by atoms with van der Waals surface area (Å²) >= 11 is 0. The minimum atomic E-state index is -0.974. The maximum Gasteiger partial charge on any atom is 0.322 e. The summed E-state index contributed by atoms with van der Waals surface area (Å²) in [6, 6.07) is 13.3. The van der Waals surface area contributed by atoms with E-state index >= 15 is 0 Å². The largest absolute Gasteiger partial charge is 0.322 e. The molecule has 5 nitrogen and oxygen atoms in total. The van der Waals surface area contributed by atoms with Gasteiger partial charge in [0.2, 0.25) is 0 Å². The van der Waals surface area contributed by atoms with Crippen LogP contribution in [0.3, 0.4) is 0 Å². The number of carbonyl (C=O) groups excluding carboxylic acids is 1. The van der Waals surface area contributed by atoms with Crippen LogP contribution in [0, 0.1) is 23.0 Å². The van der Waals surface area contributed by atoms with Crippen LogP contribution in [0.25, 0.3) is 0 Å². The van der Waals surface area contributed by atoms with Crippen LogP contribution in [-0.2, 0) is 0 Å². The van der Waals surface area contributed by atoms with Gasteiger partial charge < -0.3 is 15.1 Å². The van der Waals surface area contributed by atoms with E-state index in [0.717, 1.165) is 63.9 Å². The fraction of sp³-hybridized carbons (Fsp3) is 0.481. The number of nitrogens with one attached hydrogen (secondary N) is 1. The molecule has 1 N–H and O–H groups in total. The average Bonchev–Trinajstić information content (AvgIpc) is 3.38. The summed E-state index contributed by atoms with van der Waals surface area (Å²) in [6.45, 7) is 3.83. The second-order valence-electron chi connectivity index (χ2n) is 9.40. The number of anilines is 1. The summed E-state index contributed by atoms with van der Waals surface area (Å²) in [5, 5.41) is 12.0. The lowest BCUT2D eigenvalue weighted by Gasteiger charge is -2.37. The number of likely N-dealkylation sites (tertiary alicyclic amines) is 1. The smallest absolute Gasteiger partial charge is 0.322 e. The minimum Gasteiger partial charge on any atom is -0.322 e. The van der Waals surface area contributed by atoms with Crippen molar-refractivity contribution in [2.24, 2.45) is 0 Å². The van der Waals surface area contributed by atoms with Gasteiger partial charge in [0.05, 0.1) is 11.6 Å². The molecule has 0 spiro atoms. The minimum absolute atomic E-state index is 0.0965. The Hall–Kier alpha value is -2.98. The molecular formula is C27H32F2N4O. The van der Waals surface area contributed by atoms with E-state index in [4.69, 9.17) is 0 Å². The highest BCUT2D eigenvalue weighted by atomic mass is 19.2. The van der Waals surface area contributed by atoms with Crippen molar-refractivity contribution in [3.8, 4) is 6.07 Å². The summed E-state index contributed by atoms with van der Waals surface area (Å²) in [4.78, 5) is 17.5. The molecule has 0 radical (unpaired) electrons. The lowest BCUT2D eigenvalue weighted by molar-refractivity contribution is 0.157. The van der Waals surface area contributed by atoms with Crippen molar-refractivity contribution < 1.29 is 13.6 Å². The average molecular weight is 467 g/mol. The number of hydrogen-bond acceptors (Lipinski definition) is 3. The van der Waals surface area contributed by atoms with E-state index in [1.807, 2.05) is 23.1 Å². The number of nitrogens with zero attached hydrogens (tertiary/aromatic N) is 3. The molecule has 1 aliphatic carbocycles. The third kappa shape index (κ3) is 6.12. The fourth-order valence-corrected chi connectivity index (χ4v) is 5.27. The summed E-state index contributed by atoms with van der Waals surface area (Å²) in [7, 11) is 0. The van der Waals surface area contributed by atoms with E-state index in [2.05, 4.69) is 22.4 Å². The van der Waals surface area contributed by atoms with Gasteiger partial charge in [-0.25, -0.2) is 13.6 Å². The molecule has 2 aromatic rings. The molecule has 2 amide bonds. The highest BCUT2D eigenvalue weighted by Gasteiger charge is 2.30. The third-order valence-electron chi connectivity index (χ3n) is 7.13. The van der Waals surface area contributed by atoms with E-state index in [-0.39, 0.29) is 17.8 Å². The van der Waals surface area contributed by atoms with Crippen molar-refractivity contribution in [2.45, 2.75) is 56.9 Å². The molecule has 2 fully saturated rings. The van der Waals surface area contributed by atoms with Crippen LogP contribution in [0.4, 0.5) is 19.3 Å². The SMILES string of the molecule is N#Cc1cccc([C@H]2CC[C@@H](N(CCCN3CCCC3)C(=O)Nc3ccc(F)c(F)c3)CC2)c1. The molecule has 2 aromatic carbocycles. The molecule has 34 heavy (non-hydrogen) atoms. The zero-order chi connectivity index (χ0) is 23.9. The number of benzene rings is 2. The lowest BCUT2D eigenvalue weighted by Crippen LogP contribution is -2.45. The van der Waals surface area contributed by atoms with Crippen molar-refractivity contribution >= 4 is 11.7 Å². The van der Waals surface area contributed by atoms with Gasteiger partial charge >= 0.3 is 6.03 Å². The first-order valence-electron chi connectivity index (χ1n) is 12.3. The Kier molecular flexibility index (Phi) is 8.12. The van der Waals surface area contributed by atoms with Crippen LogP contribution >= 0.6 is 0 Å². The number of nitriles is 1. The molecule has 1 saturated heterocycles. The predicted octanol–water partition coefficient (Wildman–Crippen LogP) is 5.88. The Labute approximate surface area is 200 Å². The molecule has 1 saturated carbocycles. The predicted molar refractivity (Wildman–Crippen MR) is 129 cm³/mol. The van der Waals surface area contributed by atoms with E-state index in [1.54, 1.807) is 0 Å². The van der Waals surface area contributed by atoms with Gasteiger partial charge in [0.1, 0.15) is 0 Å². The molecular weight excluding hydrogens is 434 g/mol. The number of rotatable bonds is 7. The normalized spacial score (nSPS) is 20.6. The Morgan fingerprint density at radius 3 is 2.53 bits per heavy atom. The van der Waals surface area contributed by atoms with Gasteiger partial charge in [-0.1, -0.05) is 12.1 Å². The topological polar surface area (TPSA) is 59.4 Å². The van der Waals surface area contributed by atoms with Crippen LogP contribution < -0.4 is 5.32 Å². The number of urea groups is 1. The number of halogens is 2. The zero-order valence-electron chi connectivity index (χ0n) is 19.5. The van der Waals surface area contributed by atoms with Gasteiger partial charge in [-0.05, 0) is 100 Å². The van der Waals surface area contributed by atoms with E-state index in [0.29, 0.717) is 18.0 Å². The quantitative estimate of drug-likeness (QED) is 0.554. The van der Waals surface area contributed by atoms with Crippen molar-refractivity contribution in [3.05, 3.63) is 65.2 Å². The maximum atomic E-state index is 13.7. The molecule has 0 bridgehead atoms. The molecule has 0 atom stereocenters. The molecule has 1 aliphatic heterocycles. The van der Waals surface area contributed by atoms with Crippen molar-refractivity contribution in [1.29, 1.82) is 5.26 Å². The van der Waals surface area contributed by atoms with E-state index in [1.165, 1.54) is 24.5 Å². The first-order valence-corrected chi connectivity index (χ1v) is 12.3. The molecule has 0 unspecified atom stereocenters. The standard InChI is InChI=1S/C27H32F2N4O/c28-25-12-9-23(18-26(25)29)31-27(34)33(16-4-15-32-13-1-2-14-32)24-10-7-21(8-11-24)22-6-3-5-20(17-22)19-30/h3,5-6,9,12,17-18,21,24H,1-2,4,7-8,10-11,13-16H2,(H,31,34)/t21-,24+. The first-order chi connectivity index (χ1) is 16.5. The maximum absolute atomic E-state index is 13.7. The Bertz CT molecular complexity index is 1020. The second-order valence-corrected chi connectivity index (χ2v) is 9.40. The van der Waals surface area contributed by atoms with Gasteiger partial charge in [0.25, 0.3) is 0 Å². The Morgan fingerprint density at radius 1 is 1.06 bits per heavy atom. The number of carbonyl (C=O) groups is 1. The molecule has 1 heterocycles. The van der Waals surface area contributed by atoms with Gasteiger partial charge in [-0.2, -0.15) is 5.26 Å². The van der Waals surface area contributed by atoms with Gasteiger partial charge in [0, 0.05) is 24.3 Å². The third-order valence-corrected chi connectivity index (χ3v) is 7.13. The fourth-order valence-electron chi connectivity index (χ4n) is 5.27. The molecule has 180 valence electrons. The van der Waals surface area contributed by atoms with Crippen LogP contribution in [-0.4, -0.2) is 48.1 Å². The molecule has 0 aromatic heterocycles. The number of amides is 2. The van der Waals surface area contributed by atoms with Crippen LogP contribution in [0.1, 0.15) is 62.0 Å².